The lowest BCUT2D eigenvalue weighted by Crippen LogP contribution is -2.31. The summed E-state index contributed by atoms with van der Waals surface area (Å²) in [7, 11) is -3.54. The van der Waals surface area contributed by atoms with Crippen LogP contribution in [0.4, 0.5) is 0 Å². The molecule has 0 bridgehead atoms. The van der Waals surface area contributed by atoms with Crippen LogP contribution in [0.3, 0.4) is 0 Å². The lowest BCUT2D eigenvalue weighted by molar-refractivity contribution is 0.0472. The molecule has 0 atom stereocenters. The van der Waals surface area contributed by atoms with E-state index < -0.39 is 16.0 Å². The molecule has 0 amide bonds. The standard InChI is InChI=1S/C20H21Cl2NO4S/c21-18-10-5-15(13-19(18)22)14-27-20(24)16-6-8-17(9-7-16)28(25,26)23-11-3-1-2-4-12-23/h5-10,13H,1-4,11-12,14H2. The Morgan fingerprint density at radius 2 is 1.57 bits per heavy atom. The van der Waals surface area contributed by atoms with Crippen molar-refractivity contribution in [3.05, 3.63) is 63.6 Å². The first-order valence-electron chi connectivity index (χ1n) is 9.09. The van der Waals surface area contributed by atoms with E-state index in [9.17, 15) is 13.2 Å². The van der Waals surface area contributed by atoms with Crippen molar-refractivity contribution in [2.24, 2.45) is 0 Å². The van der Waals surface area contributed by atoms with E-state index >= 15 is 0 Å². The molecule has 0 spiro atoms. The Kier molecular flexibility index (Phi) is 6.99. The molecule has 2 aromatic rings. The van der Waals surface area contributed by atoms with Crippen molar-refractivity contribution < 1.29 is 17.9 Å². The fourth-order valence-electron chi connectivity index (χ4n) is 3.06. The van der Waals surface area contributed by atoms with Crippen LogP contribution < -0.4 is 0 Å². The zero-order chi connectivity index (χ0) is 20.1. The molecule has 0 N–H and O–H groups in total. The van der Waals surface area contributed by atoms with Crippen molar-refractivity contribution in [2.45, 2.75) is 37.2 Å². The van der Waals surface area contributed by atoms with Gasteiger partial charge in [-0.15, -0.1) is 0 Å². The summed E-state index contributed by atoms with van der Waals surface area (Å²) in [6, 6.07) is 10.8. The number of halogens is 2. The van der Waals surface area contributed by atoms with Crippen molar-refractivity contribution in [1.29, 1.82) is 0 Å². The van der Waals surface area contributed by atoms with Crippen LogP contribution in [-0.4, -0.2) is 31.8 Å². The molecular formula is C20H21Cl2NO4S. The number of carbonyl (C=O) groups is 1. The molecule has 8 heteroatoms. The number of hydrogen-bond acceptors (Lipinski definition) is 4. The minimum Gasteiger partial charge on any atom is -0.457 e. The van der Waals surface area contributed by atoms with Crippen LogP contribution in [0.25, 0.3) is 0 Å². The van der Waals surface area contributed by atoms with Gasteiger partial charge in [0.25, 0.3) is 0 Å². The smallest absolute Gasteiger partial charge is 0.338 e. The number of esters is 1. The summed E-state index contributed by atoms with van der Waals surface area (Å²) < 4.78 is 32.3. The average molecular weight is 442 g/mol. The molecule has 0 unspecified atom stereocenters. The molecule has 1 fully saturated rings. The van der Waals surface area contributed by atoms with Gasteiger partial charge in [-0.25, -0.2) is 13.2 Å². The van der Waals surface area contributed by atoms with E-state index in [4.69, 9.17) is 27.9 Å². The quantitative estimate of drug-likeness (QED) is 0.617. The van der Waals surface area contributed by atoms with Crippen LogP contribution in [0.2, 0.25) is 10.0 Å². The number of rotatable bonds is 5. The second kappa shape index (κ2) is 9.27. The second-order valence-electron chi connectivity index (χ2n) is 6.67. The van der Waals surface area contributed by atoms with Crippen LogP contribution in [0.15, 0.2) is 47.4 Å². The predicted molar refractivity (Wildman–Crippen MR) is 109 cm³/mol. The van der Waals surface area contributed by atoms with Crippen LogP contribution in [0, 0.1) is 0 Å². The summed E-state index contributed by atoms with van der Waals surface area (Å²) in [5.41, 5.74) is 0.998. The highest BCUT2D eigenvalue weighted by Crippen LogP contribution is 2.24. The third-order valence-electron chi connectivity index (χ3n) is 4.65. The third kappa shape index (κ3) is 5.06. The van der Waals surface area contributed by atoms with Crippen molar-refractivity contribution in [3.63, 3.8) is 0 Å². The van der Waals surface area contributed by atoms with E-state index in [0.717, 1.165) is 25.7 Å². The SMILES string of the molecule is O=C(OCc1ccc(Cl)c(Cl)c1)c1ccc(S(=O)(=O)N2CCCCCC2)cc1. The minimum atomic E-state index is -3.54. The van der Waals surface area contributed by atoms with Gasteiger partial charge >= 0.3 is 5.97 Å². The fraction of sp³-hybridized carbons (Fsp3) is 0.350. The molecule has 2 aromatic carbocycles. The van der Waals surface area contributed by atoms with E-state index in [-0.39, 0.29) is 17.1 Å². The molecule has 1 aliphatic heterocycles. The Morgan fingerprint density at radius 1 is 0.929 bits per heavy atom. The summed E-state index contributed by atoms with van der Waals surface area (Å²) in [5.74, 6) is -0.537. The maximum Gasteiger partial charge on any atom is 0.338 e. The fourth-order valence-corrected chi connectivity index (χ4v) is 4.89. The van der Waals surface area contributed by atoms with Crippen LogP contribution in [0.1, 0.15) is 41.6 Å². The second-order valence-corrected chi connectivity index (χ2v) is 9.42. The highest BCUT2D eigenvalue weighted by molar-refractivity contribution is 7.89. The maximum atomic E-state index is 12.8. The number of benzene rings is 2. The van der Waals surface area contributed by atoms with Gasteiger partial charge < -0.3 is 4.74 Å². The summed E-state index contributed by atoms with van der Waals surface area (Å²) in [6.07, 6.45) is 3.85. The lowest BCUT2D eigenvalue weighted by atomic mass is 10.2. The zero-order valence-electron chi connectivity index (χ0n) is 15.2. The third-order valence-corrected chi connectivity index (χ3v) is 7.30. The molecule has 5 nitrogen and oxygen atoms in total. The minimum absolute atomic E-state index is 0.0452. The first kappa shape index (κ1) is 21.1. The molecule has 1 aliphatic rings. The van der Waals surface area contributed by atoms with Gasteiger partial charge in [-0.2, -0.15) is 4.31 Å². The first-order valence-corrected chi connectivity index (χ1v) is 11.3. The zero-order valence-corrected chi connectivity index (χ0v) is 17.6. The van der Waals surface area contributed by atoms with Gasteiger partial charge in [-0.1, -0.05) is 42.1 Å². The molecular weight excluding hydrogens is 421 g/mol. The Hall–Kier alpha value is -1.60. The normalized spacial score (nSPS) is 15.8. The molecule has 1 saturated heterocycles. The lowest BCUT2D eigenvalue weighted by Gasteiger charge is -2.20. The van der Waals surface area contributed by atoms with Crippen molar-refractivity contribution in [3.8, 4) is 0 Å². The predicted octanol–water partition coefficient (Wildman–Crippen LogP) is 4.92. The van der Waals surface area contributed by atoms with E-state index in [1.54, 1.807) is 18.2 Å². The number of hydrogen-bond donors (Lipinski definition) is 0. The molecule has 150 valence electrons. The molecule has 28 heavy (non-hydrogen) atoms. The van der Waals surface area contributed by atoms with Crippen molar-refractivity contribution >= 4 is 39.2 Å². The average Bonchev–Trinajstić information content (AvgIpc) is 2.99. The first-order chi connectivity index (χ1) is 13.4. The van der Waals surface area contributed by atoms with Gasteiger partial charge in [0.15, 0.2) is 0 Å². The van der Waals surface area contributed by atoms with Gasteiger partial charge in [0, 0.05) is 13.1 Å². The van der Waals surface area contributed by atoms with Gasteiger partial charge in [0.2, 0.25) is 10.0 Å². The summed E-state index contributed by atoms with van der Waals surface area (Å²) in [6.45, 7) is 1.12. The van der Waals surface area contributed by atoms with Gasteiger partial charge in [-0.05, 0) is 54.8 Å². The largest absolute Gasteiger partial charge is 0.457 e. The van der Waals surface area contributed by atoms with Gasteiger partial charge in [0.05, 0.1) is 20.5 Å². The van der Waals surface area contributed by atoms with Crippen LogP contribution in [-0.2, 0) is 21.4 Å². The van der Waals surface area contributed by atoms with Crippen molar-refractivity contribution in [2.75, 3.05) is 13.1 Å². The Bertz CT molecular complexity index is 937. The van der Waals surface area contributed by atoms with Gasteiger partial charge in [0.1, 0.15) is 6.61 Å². The van der Waals surface area contributed by atoms with E-state index in [0.29, 0.717) is 28.7 Å². The molecule has 1 heterocycles. The monoisotopic (exact) mass is 441 g/mol. The Morgan fingerprint density at radius 3 is 2.18 bits per heavy atom. The number of sulfonamides is 1. The number of ether oxygens (including phenoxy) is 1. The molecule has 3 rings (SSSR count). The van der Waals surface area contributed by atoms with E-state index in [2.05, 4.69) is 0 Å². The summed E-state index contributed by atoms with van der Waals surface area (Å²) >= 11 is 11.8. The van der Waals surface area contributed by atoms with Gasteiger partial charge in [-0.3, -0.25) is 0 Å². The Balaban J connectivity index is 1.65. The molecule has 0 saturated carbocycles. The van der Waals surface area contributed by atoms with Crippen molar-refractivity contribution in [1.82, 2.24) is 4.31 Å². The summed E-state index contributed by atoms with van der Waals surface area (Å²) in [5, 5.41) is 0.816. The molecule has 0 radical (unpaired) electrons. The molecule has 0 aliphatic carbocycles. The highest BCUT2D eigenvalue weighted by Gasteiger charge is 2.25. The number of carbonyl (C=O) groups excluding carboxylic acids is 1. The van der Waals surface area contributed by atoms with Crippen LogP contribution in [0.5, 0.6) is 0 Å². The van der Waals surface area contributed by atoms with Crippen LogP contribution >= 0.6 is 23.2 Å². The van der Waals surface area contributed by atoms with E-state index in [1.807, 2.05) is 0 Å². The van der Waals surface area contributed by atoms with E-state index in [1.165, 1.54) is 28.6 Å². The number of nitrogens with zero attached hydrogens (tertiary/aromatic N) is 1. The highest BCUT2D eigenvalue weighted by atomic mass is 35.5. The topological polar surface area (TPSA) is 63.7 Å². The molecule has 0 aromatic heterocycles. The summed E-state index contributed by atoms with van der Waals surface area (Å²) in [4.78, 5) is 12.4. The Labute approximate surface area is 175 Å². The maximum absolute atomic E-state index is 12.8.